The van der Waals surface area contributed by atoms with Crippen molar-refractivity contribution in [1.29, 1.82) is 5.26 Å². The van der Waals surface area contributed by atoms with E-state index in [0.717, 1.165) is 17.0 Å². The number of aromatic amines is 1. The summed E-state index contributed by atoms with van der Waals surface area (Å²) in [5.41, 5.74) is 9.39. The van der Waals surface area contributed by atoms with E-state index in [2.05, 4.69) is 21.0 Å². The lowest BCUT2D eigenvalue weighted by Gasteiger charge is -2.08. The molecule has 5 nitrogen and oxygen atoms in total. The first-order chi connectivity index (χ1) is 9.79. The maximum Gasteiger partial charge on any atom is 0.142 e. The number of H-pyrrole nitrogens is 1. The molecule has 3 aromatic rings. The first kappa shape index (κ1) is 11.9. The van der Waals surface area contributed by atoms with Gasteiger partial charge in [0.1, 0.15) is 17.5 Å². The first-order valence-electron chi connectivity index (χ1n) is 6.04. The van der Waals surface area contributed by atoms with Gasteiger partial charge in [0.05, 0.1) is 23.9 Å². The predicted molar refractivity (Wildman–Crippen MR) is 76.4 cm³/mol. The van der Waals surface area contributed by atoms with Gasteiger partial charge in [-0.1, -0.05) is 30.3 Å². The second-order valence-corrected chi connectivity index (χ2v) is 4.26. The maximum atomic E-state index is 9.26. The Morgan fingerprint density at radius 2 is 2.00 bits per heavy atom. The van der Waals surface area contributed by atoms with E-state index in [4.69, 9.17) is 5.73 Å². The number of nitrogens with one attached hydrogen (secondary N) is 1. The van der Waals surface area contributed by atoms with Gasteiger partial charge in [0, 0.05) is 11.1 Å². The third-order valence-electron chi connectivity index (χ3n) is 3.02. The van der Waals surface area contributed by atoms with Gasteiger partial charge in [-0.15, -0.1) is 0 Å². The molecule has 0 saturated heterocycles. The highest BCUT2D eigenvalue weighted by molar-refractivity contribution is 5.78. The molecule has 5 heteroatoms. The third-order valence-corrected chi connectivity index (χ3v) is 3.02. The molecule has 2 aromatic heterocycles. The minimum Gasteiger partial charge on any atom is -0.383 e. The zero-order chi connectivity index (χ0) is 13.9. The van der Waals surface area contributed by atoms with Crippen LogP contribution in [-0.4, -0.2) is 15.0 Å². The van der Waals surface area contributed by atoms with Gasteiger partial charge in [-0.2, -0.15) is 5.26 Å². The minimum atomic E-state index is 0.221. The maximum absolute atomic E-state index is 9.26. The fraction of sp³-hybridized carbons (Fsp3) is 0. The molecule has 0 amide bonds. The molecule has 0 aliphatic heterocycles. The first-order valence-corrected chi connectivity index (χ1v) is 6.04. The number of nitrogens with two attached hydrogens (primary N) is 1. The van der Waals surface area contributed by atoms with Crippen molar-refractivity contribution in [2.24, 2.45) is 0 Å². The van der Waals surface area contributed by atoms with Crippen molar-refractivity contribution >= 4 is 5.82 Å². The molecule has 2 heterocycles. The molecule has 0 spiro atoms. The van der Waals surface area contributed by atoms with Crippen LogP contribution in [0, 0.1) is 11.3 Å². The Labute approximate surface area is 115 Å². The number of anilines is 1. The molecule has 0 fully saturated rings. The summed E-state index contributed by atoms with van der Waals surface area (Å²) in [5, 5.41) is 9.26. The van der Waals surface area contributed by atoms with E-state index >= 15 is 0 Å². The fourth-order valence-corrected chi connectivity index (χ4v) is 2.05. The van der Waals surface area contributed by atoms with Crippen molar-refractivity contribution in [1.82, 2.24) is 15.0 Å². The third kappa shape index (κ3) is 1.99. The molecule has 96 valence electrons. The Morgan fingerprint density at radius 1 is 1.20 bits per heavy atom. The van der Waals surface area contributed by atoms with Crippen LogP contribution in [0.1, 0.15) is 5.56 Å². The summed E-state index contributed by atoms with van der Waals surface area (Å²) in [4.78, 5) is 11.3. The SMILES string of the molecule is N#Cc1c(-c2cnc[nH]2)cc(-c2ccccc2)nc1N. The lowest BCUT2D eigenvalue weighted by molar-refractivity contribution is 1.29. The summed E-state index contributed by atoms with van der Waals surface area (Å²) in [6.45, 7) is 0. The minimum absolute atomic E-state index is 0.221. The van der Waals surface area contributed by atoms with Crippen LogP contribution in [0.15, 0.2) is 48.9 Å². The van der Waals surface area contributed by atoms with Gasteiger partial charge in [0.2, 0.25) is 0 Å². The van der Waals surface area contributed by atoms with Crippen molar-refractivity contribution in [2.45, 2.75) is 0 Å². The van der Waals surface area contributed by atoms with Crippen LogP contribution in [0.25, 0.3) is 22.5 Å². The molecule has 3 N–H and O–H groups in total. The monoisotopic (exact) mass is 261 g/mol. The summed E-state index contributed by atoms with van der Waals surface area (Å²) >= 11 is 0. The van der Waals surface area contributed by atoms with Gasteiger partial charge in [-0.05, 0) is 6.07 Å². The normalized spacial score (nSPS) is 10.2. The largest absolute Gasteiger partial charge is 0.383 e. The van der Waals surface area contributed by atoms with Crippen LogP contribution in [0.3, 0.4) is 0 Å². The molecule has 1 aromatic carbocycles. The molecule has 3 rings (SSSR count). The Kier molecular flexibility index (Phi) is 2.90. The van der Waals surface area contributed by atoms with Gasteiger partial charge in [0.25, 0.3) is 0 Å². The van der Waals surface area contributed by atoms with Crippen molar-refractivity contribution in [3.63, 3.8) is 0 Å². The van der Waals surface area contributed by atoms with Crippen molar-refractivity contribution in [3.8, 4) is 28.6 Å². The summed E-state index contributed by atoms with van der Waals surface area (Å²) in [5.74, 6) is 0.221. The Balaban J connectivity index is 2.24. The number of nitriles is 1. The molecular formula is C15H11N5. The zero-order valence-corrected chi connectivity index (χ0v) is 10.5. The Morgan fingerprint density at radius 3 is 2.65 bits per heavy atom. The number of nitrogens with zero attached hydrogens (tertiary/aromatic N) is 3. The number of hydrogen-bond acceptors (Lipinski definition) is 4. The van der Waals surface area contributed by atoms with E-state index in [1.54, 1.807) is 12.5 Å². The molecule has 0 atom stereocenters. The summed E-state index contributed by atoms with van der Waals surface area (Å²) in [6, 6.07) is 13.6. The van der Waals surface area contributed by atoms with Crippen LogP contribution in [0.4, 0.5) is 5.82 Å². The predicted octanol–water partition coefficient (Wildman–Crippen LogP) is 2.59. The van der Waals surface area contributed by atoms with Crippen LogP contribution in [0.5, 0.6) is 0 Å². The van der Waals surface area contributed by atoms with Crippen LogP contribution in [-0.2, 0) is 0 Å². The van der Waals surface area contributed by atoms with Gasteiger partial charge >= 0.3 is 0 Å². The summed E-state index contributed by atoms with van der Waals surface area (Å²) in [6.07, 6.45) is 3.22. The van der Waals surface area contributed by atoms with E-state index in [1.807, 2.05) is 36.4 Å². The highest BCUT2D eigenvalue weighted by Gasteiger charge is 2.13. The number of hydrogen-bond donors (Lipinski definition) is 2. The number of pyridine rings is 1. The Bertz CT molecular complexity index is 770. The number of nitrogen functional groups attached to an aromatic ring is 1. The van der Waals surface area contributed by atoms with Crippen LogP contribution >= 0.6 is 0 Å². The van der Waals surface area contributed by atoms with E-state index in [0.29, 0.717) is 11.1 Å². The number of imidazole rings is 1. The van der Waals surface area contributed by atoms with Crippen LogP contribution < -0.4 is 5.73 Å². The molecule has 0 bridgehead atoms. The molecular weight excluding hydrogens is 250 g/mol. The number of benzene rings is 1. The van der Waals surface area contributed by atoms with Crippen molar-refractivity contribution in [3.05, 3.63) is 54.5 Å². The molecule has 0 aliphatic rings. The van der Waals surface area contributed by atoms with Crippen LogP contribution in [0.2, 0.25) is 0 Å². The molecule has 0 saturated carbocycles. The van der Waals surface area contributed by atoms with E-state index in [-0.39, 0.29) is 5.82 Å². The number of aromatic nitrogens is 3. The molecule has 0 unspecified atom stereocenters. The van der Waals surface area contributed by atoms with E-state index < -0.39 is 0 Å². The van der Waals surface area contributed by atoms with Crippen molar-refractivity contribution in [2.75, 3.05) is 5.73 Å². The smallest absolute Gasteiger partial charge is 0.142 e. The second kappa shape index (κ2) is 4.86. The summed E-state index contributed by atoms with van der Waals surface area (Å²) < 4.78 is 0. The standard InChI is InChI=1S/C15H11N5/c16-7-12-11(14-8-18-9-19-14)6-13(20-15(12)17)10-4-2-1-3-5-10/h1-6,8-9H,(H2,17,20)(H,18,19). The quantitative estimate of drug-likeness (QED) is 0.741. The van der Waals surface area contributed by atoms with Gasteiger partial charge in [-0.25, -0.2) is 9.97 Å². The highest BCUT2D eigenvalue weighted by atomic mass is 14.9. The fourth-order valence-electron chi connectivity index (χ4n) is 2.05. The Hall–Kier alpha value is -3.13. The van der Waals surface area contributed by atoms with Crippen molar-refractivity contribution < 1.29 is 0 Å². The molecule has 0 radical (unpaired) electrons. The summed E-state index contributed by atoms with van der Waals surface area (Å²) in [7, 11) is 0. The van der Waals surface area contributed by atoms with Gasteiger partial charge in [-0.3, -0.25) is 0 Å². The lowest BCUT2D eigenvalue weighted by atomic mass is 10.0. The average Bonchev–Trinajstić information content (AvgIpc) is 3.01. The number of rotatable bonds is 2. The lowest BCUT2D eigenvalue weighted by Crippen LogP contribution is -1.99. The zero-order valence-electron chi connectivity index (χ0n) is 10.5. The van der Waals surface area contributed by atoms with Gasteiger partial charge in [0.15, 0.2) is 0 Å². The second-order valence-electron chi connectivity index (χ2n) is 4.26. The molecule has 0 aliphatic carbocycles. The van der Waals surface area contributed by atoms with E-state index in [1.165, 1.54) is 0 Å². The average molecular weight is 261 g/mol. The highest BCUT2D eigenvalue weighted by Crippen LogP contribution is 2.29. The molecule has 20 heavy (non-hydrogen) atoms. The topological polar surface area (TPSA) is 91.4 Å². The van der Waals surface area contributed by atoms with Gasteiger partial charge < -0.3 is 10.7 Å². The van der Waals surface area contributed by atoms with E-state index in [9.17, 15) is 5.26 Å².